The first kappa shape index (κ1) is 26.8. The maximum atomic E-state index is 12.3. The van der Waals surface area contributed by atoms with Gasteiger partial charge in [-0.2, -0.15) is 0 Å². The van der Waals surface area contributed by atoms with E-state index in [1.807, 2.05) is 5.32 Å². The third-order valence-corrected chi connectivity index (χ3v) is 4.06. The molecule has 0 aliphatic carbocycles. The lowest BCUT2D eigenvalue weighted by atomic mass is 9.96. The van der Waals surface area contributed by atoms with E-state index in [2.05, 4.69) is 10.1 Å². The average Bonchev–Trinajstić information content (AvgIpc) is 2.72. The Balaban J connectivity index is 3.16. The maximum Gasteiger partial charge on any atom is 0.325 e. The zero-order valence-electron chi connectivity index (χ0n) is 18.2. The number of carbonyl (C=O) groups is 6. The van der Waals surface area contributed by atoms with E-state index in [1.54, 1.807) is 0 Å². The molecule has 32 heavy (non-hydrogen) atoms. The topological polar surface area (TPSA) is 182 Å². The molecule has 1 fully saturated rings. The van der Waals surface area contributed by atoms with E-state index >= 15 is 0 Å². The molecule has 180 valence electrons. The largest absolute Gasteiger partial charge is 0.468 e. The van der Waals surface area contributed by atoms with E-state index in [1.165, 1.54) is 7.11 Å². The molecule has 0 spiro atoms. The normalized spacial score (nSPS) is 24.5. The Morgan fingerprint density at radius 2 is 1.44 bits per heavy atom. The lowest BCUT2D eigenvalue weighted by molar-refractivity contribution is -0.271. The Morgan fingerprint density at radius 3 is 1.94 bits per heavy atom. The lowest BCUT2D eigenvalue weighted by Crippen LogP contribution is -2.67. The van der Waals surface area contributed by atoms with Crippen molar-refractivity contribution in [1.82, 2.24) is 10.6 Å². The molecule has 2 amide bonds. The third kappa shape index (κ3) is 8.11. The monoisotopic (exact) mass is 462 g/mol. The van der Waals surface area contributed by atoms with Crippen molar-refractivity contribution in [2.45, 2.75) is 51.4 Å². The fourth-order valence-electron chi connectivity index (χ4n) is 2.78. The second kappa shape index (κ2) is 12.6. The van der Waals surface area contributed by atoms with Gasteiger partial charge in [-0.15, -0.1) is 0 Å². The molecule has 1 heterocycles. The summed E-state index contributed by atoms with van der Waals surface area (Å²) in [6, 6.07) is -1.32. The minimum atomic E-state index is -1.38. The minimum Gasteiger partial charge on any atom is -0.468 e. The van der Waals surface area contributed by atoms with Gasteiger partial charge in [0.2, 0.25) is 0 Å². The predicted octanol–water partition coefficient (Wildman–Crippen LogP) is -2.44. The Labute approximate surface area is 183 Å². The summed E-state index contributed by atoms with van der Waals surface area (Å²) in [7, 11) is 2.31. The molecule has 14 nitrogen and oxygen atoms in total. The van der Waals surface area contributed by atoms with Gasteiger partial charge in [0, 0.05) is 27.9 Å². The van der Waals surface area contributed by atoms with E-state index in [0.29, 0.717) is 0 Å². The van der Waals surface area contributed by atoms with Gasteiger partial charge < -0.3 is 39.1 Å². The van der Waals surface area contributed by atoms with Crippen LogP contribution in [0.4, 0.5) is 0 Å². The molecule has 1 saturated heterocycles. The summed E-state index contributed by atoms with van der Waals surface area (Å²) < 4.78 is 30.5. The van der Waals surface area contributed by atoms with Crippen molar-refractivity contribution in [1.29, 1.82) is 0 Å². The Morgan fingerprint density at radius 1 is 0.844 bits per heavy atom. The molecular formula is C18H26N2O12. The van der Waals surface area contributed by atoms with Crippen LogP contribution in [0.3, 0.4) is 0 Å². The molecule has 2 N–H and O–H groups in total. The van der Waals surface area contributed by atoms with Crippen LogP contribution >= 0.6 is 0 Å². The van der Waals surface area contributed by atoms with Crippen LogP contribution in [0.1, 0.15) is 20.8 Å². The van der Waals surface area contributed by atoms with Gasteiger partial charge in [0.1, 0.15) is 25.3 Å². The highest BCUT2D eigenvalue weighted by molar-refractivity contribution is 6.35. The van der Waals surface area contributed by atoms with Crippen LogP contribution in [0.2, 0.25) is 0 Å². The van der Waals surface area contributed by atoms with Crippen molar-refractivity contribution in [2.24, 2.45) is 0 Å². The summed E-state index contributed by atoms with van der Waals surface area (Å²) in [5.41, 5.74) is 0. The number of ether oxygens (including phenoxy) is 6. The van der Waals surface area contributed by atoms with Gasteiger partial charge in [-0.3, -0.25) is 28.8 Å². The summed E-state index contributed by atoms with van der Waals surface area (Å²) in [5, 5.41) is 4.31. The summed E-state index contributed by atoms with van der Waals surface area (Å²) in [5.74, 6) is -5.43. The number of amides is 2. The molecule has 5 atom stereocenters. The number of carbonyl (C=O) groups excluding carboxylic acids is 6. The van der Waals surface area contributed by atoms with Gasteiger partial charge in [-0.05, 0) is 0 Å². The van der Waals surface area contributed by atoms with E-state index < -0.39 is 72.9 Å². The first-order valence-corrected chi connectivity index (χ1v) is 9.31. The van der Waals surface area contributed by atoms with Crippen LogP contribution in [-0.2, 0) is 57.2 Å². The number of rotatable bonds is 8. The van der Waals surface area contributed by atoms with Gasteiger partial charge in [-0.1, -0.05) is 0 Å². The predicted molar refractivity (Wildman–Crippen MR) is 100 cm³/mol. The number of esters is 4. The van der Waals surface area contributed by atoms with E-state index in [-0.39, 0.29) is 6.61 Å². The minimum absolute atomic E-state index is 0.384. The number of methoxy groups -OCH3 is 2. The molecule has 0 aromatic carbocycles. The van der Waals surface area contributed by atoms with E-state index in [4.69, 9.17) is 23.7 Å². The van der Waals surface area contributed by atoms with Crippen LogP contribution < -0.4 is 10.6 Å². The third-order valence-electron chi connectivity index (χ3n) is 4.06. The van der Waals surface area contributed by atoms with Gasteiger partial charge in [-0.25, -0.2) is 0 Å². The highest BCUT2D eigenvalue weighted by Crippen LogP contribution is 2.27. The molecular weight excluding hydrogens is 436 g/mol. The molecule has 0 aromatic rings. The second-order valence-electron chi connectivity index (χ2n) is 6.49. The van der Waals surface area contributed by atoms with Crippen LogP contribution in [-0.4, -0.2) is 93.7 Å². The summed E-state index contributed by atoms with van der Waals surface area (Å²) in [6.07, 6.45) is -5.14. The molecule has 0 bridgehead atoms. The first-order valence-electron chi connectivity index (χ1n) is 9.31. The number of hydrogen-bond donors (Lipinski definition) is 2. The van der Waals surface area contributed by atoms with Crippen molar-refractivity contribution in [3.05, 3.63) is 0 Å². The quantitative estimate of drug-likeness (QED) is 0.221. The Bertz CT molecular complexity index is 739. The Hall–Kier alpha value is -3.26. The van der Waals surface area contributed by atoms with E-state index in [9.17, 15) is 28.8 Å². The summed E-state index contributed by atoms with van der Waals surface area (Å²) >= 11 is 0. The van der Waals surface area contributed by atoms with Crippen molar-refractivity contribution >= 4 is 35.7 Å². The van der Waals surface area contributed by atoms with Gasteiger partial charge in [0.15, 0.2) is 18.5 Å². The molecule has 0 unspecified atom stereocenters. The molecule has 0 radical (unpaired) electrons. The van der Waals surface area contributed by atoms with Crippen LogP contribution in [0.5, 0.6) is 0 Å². The van der Waals surface area contributed by atoms with Crippen LogP contribution in [0.15, 0.2) is 0 Å². The van der Waals surface area contributed by atoms with Gasteiger partial charge in [0.25, 0.3) is 0 Å². The SMILES string of the molecule is COC(=O)CNC(=O)C(=O)N[C@H]1[C@@H](OC)O[C@H](COC(C)=O)[C@@H](OC(C)=O)[C@@H]1OC(C)=O. The highest BCUT2D eigenvalue weighted by atomic mass is 16.7. The summed E-state index contributed by atoms with van der Waals surface area (Å²) in [6.45, 7) is 2.36. The zero-order chi connectivity index (χ0) is 24.4. The van der Waals surface area contributed by atoms with Crippen molar-refractivity contribution in [3.63, 3.8) is 0 Å². The Kier molecular flexibility index (Phi) is 10.5. The van der Waals surface area contributed by atoms with Crippen molar-refractivity contribution in [2.75, 3.05) is 27.4 Å². The van der Waals surface area contributed by atoms with Crippen molar-refractivity contribution in [3.8, 4) is 0 Å². The summed E-state index contributed by atoms with van der Waals surface area (Å²) in [4.78, 5) is 70.0. The zero-order valence-corrected chi connectivity index (χ0v) is 18.2. The molecule has 14 heteroatoms. The van der Waals surface area contributed by atoms with Gasteiger partial charge >= 0.3 is 35.7 Å². The van der Waals surface area contributed by atoms with Crippen LogP contribution in [0, 0.1) is 0 Å². The van der Waals surface area contributed by atoms with Crippen LogP contribution in [0.25, 0.3) is 0 Å². The molecule has 1 aliphatic heterocycles. The number of nitrogens with one attached hydrogen (secondary N) is 2. The fourth-order valence-corrected chi connectivity index (χ4v) is 2.78. The van der Waals surface area contributed by atoms with Crippen molar-refractivity contribution < 1.29 is 57.2 Å². The highest BCUT2D eigenvalue weighted by Gasteiger charge is 2.51. The van der Waals surface area contributed by atoms with Gasteiger partial charge in [0.05, 0.1) is 7.11 Å². The fraction of sp³-hybridized carbons (Fsp3) is 0.667. The molecule has 0 saturated carbocycles. The average molecular weight is 462 g/mol. The molecule has 1 aliphatic rings. The maximum absolute atomic E-state index is 12.3. The molecule has 1 rings (SSSR count). The first-order chi connectivity index (χ1) is 15.0. The van der Waals surface area contributed by atoms with E-state index in [0.717, 1.165) is 27.9 Å². The standard InChI is InChI=1S/C18H26N2O12/c1-8(21)29-7-11-14(30-9(2)22)15(31-10(3)23)13(18(28-5)32-11)20-17(26)16(25)19-6-12(24)27-4/h11,13-15,18H,6-7H2,1-5H3,(H,19,25)(H,20,26)/t11-,13-,14-,15-,18+/m1/s1. The lowest BCUT2D eigenvalue weighted by Gasteiger charge is -2.44. The molecule has 0 aromatic heterocycles. The smallest absolute Gasteiger partial charge is 0.325 e. The second-order valence-corrected chi connectivity index (χ2v) is 6.49. The number of hydrogen-bond acceptors (Lipinski definition) is 12.